The van der Waals surface area contributed by atoms with E-state index in [0.717, 1.165) is 0 Å². The van der Waals surface area contributed by atoms with Crippen LogP contribution >= 0.6 is 11.8 Å². The van der Waals surface area contributed by atoms with Crippen LogP contribution in [0, 0.1) is 5.92 Å². The predicted octanol–water partition coefficient (Wildman–Crippen LogP) is -0.636. The first-order valence-electron chi connectivity index (χ1n) is 16.5. The molecule has 6 atom stereocenters. The fraction of sp³-hybridized carbons (Fsp3) is 0.742. The maximum Gasteiger partial charge on any atom is 0.326 e. The molecule has 0 aliphatic carbocycles. The first kappa shape index (κ1) is 41.2. The van der Waals surface area contributed by atoms with Gasteiger partial charge in [-0.2, -0.15) is 11.8 Å². The second-order valence-corrected chi connectivity index (χ2v) is 13.8. The van der Waals surface area contributed by atoms with Crippen molar-refractivity contribution in [3.63, 3.8) is 0 Å². The van der Waals surface area contributed by atoms with Gasteiger partial charge >= 0.3 is 17.9 Å². The highest BCUT2D eigenvalue weighted by Gasteiger charge is 2.43. The number of carbonyl (C=O) groups is 8. The van der Waals surface area contributed by atoms with Crippen LogP contribution in [0.4, 0.5) is 0 Å². The lowest BCUT2D eigenvalue weighted by Gasteiger charge is -2.32. The summed E-state index contributed by atoms with van der Waals surface area (Å²) >= 11 is 1.39. The lowest BCUT2D eigenvalue weighted by molar-refractivity contribution is -0.147. The SMILES string of the molecule is CSCC[C@H](NC(=O)[C@H](CCC(=O)O)NC(=O)[C@@H]1CCCN1C(=O)[C@@H]1CCCN1C(=O)[C@@H](N)CCC(=O)O)C(=O)N[C@@H](CC(C)C)C(=O)O. The number of hydrogen-bond donors (Lipinski definition) is 7. The minimum atomic E-state index is -1.39. The summed E-state index contributed by atoms with van der Waals surface area (Å²) in [6, 6.07) is -6.79. The van der Waals surface area contributed by atoms with Gasteiger partial charge in [0.1, 0.15) is 30.2 Å². The van der Waals surface area contributed by atoms with E-state index < -0.39 is 90.1 Å². The lowest BCUT2D eigenvalue weighted by Crippen LogP contribution is -2.58. The van der Waals surface area contributed by atoms with Crippen molar-refractivity contribution in [1.29, 1.82) is 0 Å². The highest BCUT2D eigenvalue weighted by molar-refractivity contribution is 7.98. The zero-order valence-corrected chi connectivity index (χ0v) is 29.0. The minimum Gasteiger partial charge on any atom is -0.481 e. The number of carboxylic acids is 3. The largest absolute Gasteiger partial charge is 0.481 e. The van der Waals surface area contributed by atoms with Gasteiger partial charge in [-0.25, -0.2) is 4.79 Å². The summed E-state index contributed by atoms with van der Waals surface area (Å²) in [7, 11) is 0. The minimum absolute atomic E-state index is 0.0445. The van der Waals surface area contributed by atoms with E-state index in [9.17, 15) is 48.6 Å². The van der Waals surface area contributed by atoms with Crippen molar-refractivity contribution in [2.45, 2.75) is 114 Å². The second-order valence-electron chi connectivity index (χ2n) is 12.8. The van der Waals surface area contributed by atoms with Crippen LogP contribution in [0.2, 0.25) is 0 Å². The summed E-state index contributed by atoms with van der Waals surface area (Å²) in [5.41, 5.74) is 5.93. The van der Waals surface area contributed by atoms with Gasteiger partial charge in [-0.3, -0.25) is 33.6 Å². The molecule has 0 aromatic carbocycles. The molecule has 2 heterocycles. The number of rotatable bonds is 20. The van der Waals surface area contributed by atoms with Gasteiger partial charge in [0.25, 0.3) is 0 Å². The Hall–Kier alpha value is -3.93. The van der Waals surface area contributed by atoms with Crippen molar-refractivity contribution in [3.05, 3.63) is 0 Å². The van der Waals surface area contributed by atoms with E-state index in [1.807, 2.05) is 0 Å². The zero-order chi connectivity index (χ0) is 36.8. The highest BCUT2D eigenvalue weighted by Crippen LogP contribution is 2.26. The number of aliphatic carboxylic acids is 3. The Morgan fingerprint density at radius 2 is 1.29 bits per heavy atom. The monoisotopic (exact) mass is 714 g/mol. The third-order valence-corrected chi connectivity index (χ3v) is 9.14. The number of carbonyl (C=O) groups excluding carboxylic acids is 5. The number of thioether (sulfide) groups is 1. The molecule has 0 bridgehead atoms. The predicted molar refractivity (Wildman–Crippen MR) is 177 cm³/mol. The molecule has 2 fully saturated rings. The van der Waals surface area contributed by atoms with Crippen molar-refractivity contribution in [1.82, 2.24) is 25.8 Å². The molecule has 0 radical (unpaired) electrons. The number of likely N-dealkylation sites (tertiary alicyclic amines) is 2. The summed E-state index contributed by atoms with van der Waals surface area (Å²) in [5, 5.41) is 35.4. The van der Waals surface area contributed by atoms with Crippen LogP contribution in [0.25, 0.3) is 0 Å². The lowest BCUT2D eigenvalue weighted by atomic mass is 10.0. The zero-order valence-electron chi connectivity index (χ0n) is 28.2. The van der Waals surface area contributed by atoms with Gasteiger partial charge in [0.15, 0.2) is 0 Å². The van der Waals surface area contributed by atoms with E-state index in [1.54, 1.807) is 20.1 Å². The van der Waals surface area contributed by atoms with Crippen LogP contribution < -0.4 is 21.7 Å². The molecule has 2 aliphatic rings. The van der Waals surface area contributed by atoms with Crippen LogP contribution in [0.3, 0.4) is 0 Å². The maximum atomic E-state index is 13.7. The molecule has 49 heavy (non-hydrogen) atoms. The smallest absolute Gasteiger partial charge is 0.326 e. The molecule has 5 amide bonds. The Morgan fingerprint density at radius 3 is 1.84 bits per heavy atom. The van der Waals surface area contributed by atoms with Crippen molar-refractivity contribution < 1.29 is 53.7 Å². The molecular weight excluding hydrogens is 664 g/mol. The van der Waals surface area contributed by atoms with Gasteiger partial charge in [0.2, 0.25) is 29.5 Å². The third-order valence-electron chi connectivity index (χ3n) is 8.49. The second kappa shape index (κ2) is 19.9. The van der Waals surface area contributed by atoms with Crippen molar-refractivity contribution in [2.24, 2.45) is 11.7 Å². The van der Waals surface area contributed by atoms with Crippen LogP contribution in [-0.2, 0) is 38.4 Å². The normalized spacial score (nSPS) is 19.9. The maximum absolute atomic E-state index is 13.7. The van der Waals surface area contributed by atoms with Gasteiger partial charge in [0.05, 0.1) is 6.04 Å². The van der Waals surface area contributed by atoms with Gasteiger partial charge in [-0.15, -0.1) is 0 Å². The van der Waals surface area contributed by atoms with Crippen molar-refractivity contribution in [2.75, 3.05) is 25.1 Å². The molecule has 18 heteroatoms. The number of hydrogen-bond acceptors (Lipinski definition) is 10. The average molecular weight is 715 g/mol. The fourth-order valence-corrected chi connectivity index (χ4v) is 6.42. The van der Waals surface area contributed by atoms with Crippen LogP contribution in [-0.4, -0.2) is 134 Å². The quantitative estimate of drug-likeness (QED) is 0.0829. The molecule has 17 nitrogen and oxygen atoms in total. The molecule has 2 rings (SSSR count). The molecule has 0 aromatic heterocycles. The highest BCUT2D eigenvalue weighted by atomic mass is 32.2. The van der Waals surface area contributed by atoms with Crippen molar-refractivity contribution >= 4 is 59.2 Å². The molecule has 2 saturated heterocycles. The molecule has 0 saturated carbocycles. The molecule has 0 spiro atoms. The van der Waals surface area contributed by atoms with E-state index in [0.29, 0.717) is 25.0 Å². The molecular formula is C31H50N6O11S. The molecule has 0 aromatic rings. The van der Waals surface area contributed by atoms with Gasteiger partial charge < -0.3 is 46.8 Å². The van der Waals surface area contributed by atoms with E-state index in [-0.39, 0.29) is 57.5 Å². The summed E-state index contributed by atoms with van der Waals surface area (Å²) in [6.45, 7) is 4.04. The van der Waals surface area contributed by atoms with Crippen LogP contribution in [0.1, 0.15) is 78.1 Å². The number of nitrogens with zero attached hydrogens (tertiary/aromatic N) is 2. The number of carboxylic acid groups (broad SMARTS) is 3. The summed E-state index contributed by atoms with van der Waals surface area (Å²) in [4.78, 5) is 104. The Morgan fingerprint density at radius 1 is 0.755 bits per heavy atom. The Bertz CT molecular complexity index is 1230. The van der Waals surface area contributed by atoms with E-state index in [4.69, 9.17) is 10.8 Å². The molecule has 2 aliphatic heterocycles. The van der Waals surface area contributed by atoms with Crippen LogP contribution in [0.5, 0.6) is 0 Å². The summed E-state index contributed by atoms with van der Waals surface area (Å²) < 4.78 is 0. The summed E-state index contributed by atoms with van der Waals surface area (Å²) in [5.74, 6) is -6.50. The van der Waals surface area contributed by atoms with E-state index in [1.165, 1.54) is 21.6 Å². The standard InChI is InChI=1S/C31H50N6O11S/c1-17(2)16-21(31(47)48)35-27(43)20(12-15-49-3)33-26(42)19(9-11-25(40)41)34-28(44)22-6-4-13-36(22)30(46)23-7-5-14-37(23)29(45)18(32)8-10-24(38)39/h17-23H,4-16,32H2,1-3H3,(H,33,42)(H,34,44)(H,35,43)(H,38,39)(H,40,41)(H,47,48)/t18-,19-,20-,21-,22-,23-/m0/s1. The van der Waals surface area contributed by atoms with Crippen molar-refractivity contribution in [3.8, 4) is 0 Å². The van der Waals surface area contributed by atoms with Gasteiger partial charge in [-0.1, -0.05) is 13.8 Å². The molecule has 8 N–H and O–H groups in total. The first-order chi connectivity index (χ1) is 23.1. The number of amides is 5. The van der Waals surface area contributed by atoms with E-state index in [2.05, 4.69) is 16.0 Å². The Balaban J connectivity index is 2.20. The first-order valence-corrected chi connectivity index (χ1v) is 17.9. The fourth-order valence-electron chi connectivity index (χ4n) is 5.94. The molecule has 276 valence electrons. The average Bonchev–Trinajstić information content (AvgIpc) is 3.73. The number of nitrogens with two attached hydrogens (primary N) is 1. The number of nitrogens with one attached hydrogen (secondary N) is 3. The molecule has 0 unspecified atom stereocenters. The van der Waals surface area contributed by atoms with Gasteiger partial charge in [0, 0.05) is 25.9 Å². The van der Waals surface area contributed by atoms with Crippen LogP contribution in [0.15, 0.2) is 0 Å². The Kier molecular flexibility index (Phi) is 16.8. The third kappa shape index (κ3) is 12.8. The van der Waals surface area contributed by atoms with E-state index >= 15 is 0 Å². The topological polar surface area (TPSA) is 266 Å². The Labute approximate surface area is 289 Å². The van der Waals surface area contributed by atoms with Gasteiger partial charge in [-0.05, 0) is 69.3 Å². The summed E-state index contributed by atoms with van der Waals surface area (Å²) in [6.07, 6.45) is 2.37.